The normalized spacial score (nSPS) is 16.6. The number of nitrogens with zero attached hydrogens (tertiary/aromatic N) is 2. The number of ether oxygens (including phenoxy) is 1. The second-order valence-corrected chi connectivity index (χ2v) is 11.0. The smallest absolute Gasteiger partial charge is 0.323 e. The number of carbonyl (C=O) groups is 2. The van der Waals surface area contributed by atoms with Crippen molar-refractivity contribution in [3.05, 3.63) is 93.6 Å². The molecule has 2 aliphatic rings. The van der Waals surface area contributed by atoms with Gasteiger partial charge in [0.05, 0.1) is 45.8 Å². The molecule has 11 heteroatoms. The van der Waals surface area contributed by atoms with E-state index in [1.165, 1.54) is 0 Å². The number of urea groups is 1. The molecule has 2 aliphatic heterocycles. The number of carbonyl (C=O) groups excluding carboxylic acids is 2. The number of methoxy groups -OCH3 is 1. The van der Waals surface area contributed by atoms with E-state index in [0.29, 0.717) is 39.1 Å². The third kappa shape index (κ3) is 5.91. The van der Waals surface area contributed by atoms with Crippen molar-refractivity contribution in [3.63, 3.8) is 0 Å². The van der Waals surface area contributed by atoms with Crippen LogP contribution in [-0.4, -0.2) is 41.4 Å². The number of benzene rings is 3. The van der Waals surface area contributed by atoms with Crippen LogP contribution in [-0.2, 0) is 4.79 Å². The molecule has 8 nitrogen and oxygen atoms in total. The number of amidine groups is 1. The van der Waals surface area contributed by atoms with Crippen LogP contribution in [0.4, 0.5) is 21.9 Å². The highest BCUT2D eigenvalue weighted by Crippen LogP contribution is 2.41. The molecule has 3 aromatic carbocycles. The summed E-state index contributed by atoms with van der Waals surface area (Å²) in [6.07, 6.45) is 0.960. The summed E-state index contributed by atoms with van der Waals surface area (Å²) in [6.45, 7) is 2.61. The van der Waals surface area contributed by atoms with Crippen molar-refractivity contribution in [3.8, 4) is 5.75 Å². The number of rotatable bonds is 6. The first-order valence-corrected chi connectivity index (χ1v) is 14.3. The van der Waals surface area contributed by atoms with Crippen molar-refractivity contribution in [1.29, 1.82) is 0 Å². The number of aliphatic imine (C=N–C) groups is 1. The van der Waals surface area contributed by atoms with Crippen LogP contribution in [0.15, 0.2) is 83.0 Å². The third-order valence-electron chi connectivity index (χ3n) is 6.52. The number of fused-ring (bicyclic) bond motifs is 1. The average Bonchev–Trinajstić information content (AvgIpc) is 2.95. The Morgan fingerprint density at radius 2 is 1.77 bits per heavy atom. The number of allylic oxidation sites excluding steroid dienone is 1. The maximum atomic E-state index is 13.8. The summed E-state index contributed by atoms with van der Waals surface area (Å²) in [5.41, 5.74) is 3.55. The highest BCUT2D eigenvalue weighted by atomic mass is 35.5. The Morgan fingerprint density at radius 1 is 1.00 bits per heavy atom. The largest absolute Gasteiger partial charge is 0.495 e. The summed E-state index contributed by atoms with van der Waals surface area (Å²) in [5, 5.41) is 10.1. The van der Waals surface area contributed by atoms with Gasteiger partial charge in [-0.2, -0.15) is 0 Å². The van der Waals surface area contributed by atoms with Gasteiger partial charge in [0.1, 0.15) is 5.75 Å². The molecule has 1 fully saturated rings. The van der Waals surface area contributed by atoms with E-state index in [0.717, 1.165) is 29.4 Å². The van der Waals surface area contributed by atoms with Gasteiger partial charge in [0, 0.05) is 18.0 Å². The Bertz CT molecular complexity index is 1530. The summed E-state index contributed by atoms with van der Waals surface area (Å²) in [4.78, 5) is 33.6. The predicted molar refractivity (Wildman–Crippen MR) is 164 cm³/mol. The molecule has 0 aromatic heterocycles. The van der Waals surface area contributed by atoms with Crippen LogP contribution in [0.25, 0.3) is 0 Å². The van der Waals surface area contributed by atoms with E-state index in [1.54, 1.807) is 55.3 Å². The van der Waals surface area contributed by atoms with Crippen molar-refractivity contribution in [2.45, 2.75) is 19.4 Å². The van der Waals surface area contributed by atoms with Gasteiger partial charge < -0.3 is 25.6 Å². The van der Waals surface area contributed by atoms with Gasteiger partial charge >= 0.3 is 6.03 Å². The van der Waals surface area contributed by atoms with E-state index in [9.17, 15) is 9.59 Å². The molecule has 40 heavy (non-hydrogen) atoms. The van der Waals surface area contributed by atoms with E-state index < -0.39 is 12.1 Å². The molecule has 3 N–H and O–H groups in total. The van der Waals surface area contributed by atoms with Gasteiger partial charge in [0.2, 0.25) is 0 Å². The number of para-hydroxylation sites is 2. The van der Waals surface area contributed by atoms with Crippen LogP contribution < -0.4 is 20.7 Å². The van der Waals surface area contributed by atoms with Crippen molar-refractivity contribution < 1.29 is 14.3 Å². The lowest BCUT2D eigenvalue weighted by Crippen LogP contribution is -2.43. The minimum atomic E-state index is -0.471. The molecule has 1 atom stereocenters. The predicted octanol–water partition coefficient (Wildman–Crippen LogP) is 7.41. The molecule has 1 saturated heterocycles. The standard InChI is InChI=1S/C29H27Cl2N5O3S/c1-17-24(27(37)34-21-11-3-4-13-23(21)39-2)26(36-14-7-15-40-29(36)32-17)18-8-5-9-19(16-18)33-28(38)35-22-12-6-10-20(30)25(22)31/h3-6,8-13,16,26H,7,14-15H2,1-2H3,(H,34,37)(H2,33,35,38). The average molecular weight is 597 g/mol. The lowest BCUT2D eigenvalue weighted by Gasteiger charge is -2.41. The molecule has 0 saturated carbocycles. The van der Waals surface area contributed by atoms with Crippen molar-refractivity contribution in [2.75, 3.05) is 35.4 Å². The molecule has 2 heterocycles. The summed E-state index contributed by atoms with van der Waals surface area (Å²) >= 11 is 14.0. The van der Waals surface area contributed by atoms with Crippen molar-refractivity contribution >= 4 is 69.1 Å². The minimum absolute atomic E-state index is 0.260. The Kier molecular flexibility index (Phi) is 8.54. The lowest BCUT2D eigenvalue weighted by molar-refractivity contribution is -0.113. The number of halogens is 2. The molecule has 1 unspecified atom stereocenters. The highest BCUT2D eigenvalue weighted by Gasteiger charge is 2.37. The minimum Gasteiger partial charge on any atom is -0.495 e. The monoisotopic (exact) mass is 595 g/mol. The maximum absolute atomic E-state index is 13.8. The SMILES string of the molecule is COc1ccccc1NC(=O)C1=C(C)N=C2SCCCN2C1c1cccc(NC(=O)Nc2cccc(Cl)c2Cl)c1. The highest BCUT2D eigenvalue weighted by molar-refractivity contribution is 8.13. The van der Waals surface area contributed by atoms with Gasteiger partial charge in [0.15, 0.2) is 5.17 Å². The first-order valence-electron chi connectivity index (χ1n) is 12.6. The van der Waals surface area contributed by atoms with Crippen LogP contribution in [0.3, 0.4) is 0 Å². The van der Waals surface area contributed by atoms with Gasteiger partial charge in [-0.25, -0.2) is 9.79 Å². The van der Waals surface area contributed by atoms with E-state index in [1.807, 2.05) is 37.3 Å². The van der Waals surface area contributed by atoms with Crippen LogP contribution in [0.1, 0.15) is 24.9 Å². The second-order valence-electron chi connectivity index (χ2n) is 9.15. The molecule has 3 aromatic rings. The summed E-state index contributed by atoms with van der Waals surface area (Å²) in [5.74, 6) is 1.26. The van der Waals surface area contributed by atoms with Gasteiger partial charge in [-0.1, -0.05) is 65.3 Å². The van der Waals surface area contributed by atoms with Gasteiger partial charge in [-0.05, 0) is 55.3 Å². The zero-order valence-corrected chi connectivity index (χ0v) is 24.2. The molecule has 0 aliphatic carbocycles. The summed E-state index contributed by atoms with van der Waals surface area (Å²) in [6, 6.07) is 18.9. The summed E-state index contributed by atoms with van der Waals surface area (Å²) < 4.78 is 5.43. The number of thioether (sulfide) groups is 1. The zero-order chi connectivity index (χ0) is 28.2. The first kappa shape index (κ1) is 27.9. The van der Waals surface area contributed by atoms with Crippen LogP contribution in [0.2, 0.25) is 10.0 Å². The Labute approximate surface area is 246 Å². The van der Waals surface area contributed by atoms with Crippen LogP contribution >= 0.6 is 35.0 Å². The Hall–Kier alpha value is -3.66. The first-order chi connectivity index (χ1) is 19.4. The van der Waals surface area contributed by atoms with E-state index in [2.05, 4.69) is 20.9 Å². The lowest BCUT2D eigenvalue weighted by atomic mass is 9.93. The molecule has 0 spiro atoms. The van der Waals surface area contributed by atoms with Gasteiger partial charge in [-0.3, -0.25) is 4.79 Å². The van der Waals surface area contributed by atoms with E-state index >= 15 is 0 Å². The van der Waals surface area contributed by atoms with Gasteiger partial charge in [0.25, 0.3) is 5.91 Å². The van der Waals surface area contributed by atoms with E-state index in [4.69, 9.17) is 32.9 Å². The number of hydrogen-bond acceptors (Lipinski definition) is 6. The van der Waals surface area contributed by atoms with Crippen LogP contribution in [0, 0.1) is 0 Å². The molecule has 206 valence electrons. The van der Waals surface area contributed by atoms with Gasteiger partial charge in [-0.15, -0.1) is 0 Å². The molecular weight excluding hydrogens is 569 g/mol. The number of anilines is 3. The second kappa shape index (κ2) is 12.2. The van der Waals surface area contributed by atoms with Crippen LogP contribution in [0.5, 0.6) is 5.75 Å². The zero-order valence-electron chi connectivity index (χ0n) is 21.8. The van der Waals surface area contributed by atoms with E-state index in [-0.39, 0.29) is 10.9 Å². The fourth-order valence-electron chi connectivity index (χ4n) is 4.71. The van der Waals surface area contributed by atoms with Crippen molar-refractivity contribution in [2.24, 2.45) is 4.99 Å². The Balaban J connectivity index is 1.45. The number of hydrogen-bond donors (Lipinski definition) is 3. The maximum Gasteiger partial charge on any atom is 0.323 e. The molecule has 0 bridgehead atoms. The third-order valence-corrected chi connectivity index (χ3v) is 8.41. The molecular formula is C29H27Cl2N5O3S. The quantitative estimate of drug-likeness (QED) is 0.276. The molecule has 5 rings (SSSR count). The number of nitrogens with one attached hydrogen (secondary N) is 3. The number of amides is 3. The summed E-state index contributed by atoms with van der Waals surface area (Å²) in [7, 11) is 1.56. The fourth-order valence-corrected chi connectivity index (χ4v) is 6.08. The fraction of sp³-hybridized carbons (Fsp3) is 0.207. The molecule has 3 amide bonds. The topological polar surface area (TPSA) is 95.1 Å². The van der Waals surface area contributed by atoms with Crippen molar-refractivity contribution in [1.82, 2.24) is 4.90 Å². The molecule has 0 radical (unpaired) electrons. The Morgan fingerprint density at radius 3 is 2.60 bits per heavy atom.